The minimum atomic E-state index is -0.502. The molecule has 0 aliphatic heterocycles. The van der Waals surface area contributed by atoms with Crippen molar-refractivity contribution in [3.8, 4) is 11.5 Å². The largest absolute Gasteiger partial charge is 0.403 e. The molecule has 0 fully saturated rings. The molecule has 1 amide bonds. The monoisotopic (exact) mass is 351 g/mol. The van der Waals surface area contributed by atoms with E-state index >= 15 is 0 Å². The van der Waals surface area contributed by atoms with Gasteiger partial charge in [-0.1, -0.05) is 28.3 Å². The fourth-order valence-corrected chi connectivity index (χ4v) is 2.19. The zero-order valence-corrected chi connectivity index (χ0v) is 12.9. The molecule has 0 unspecified atom stereocenters. The van der Waals surface area contributed by atoms with Crippen molar-refractivity contribution >= 4 is 35.1 Å². The molecule has 1 heterocycles. The van der Waals surface area contributed by atoms with E-state index in [2.05, 4.69) is 15.5 Å². The first-order valence-corrected chi connectivity index (χ1v) is 7.14. The van der Waals surface area contributed by atoms with Crippen molar-refractivity contribution in [2.75, 3.05) is 5.32 Å². The van der Waals surface area contributed by atoms with Gasteiger partial charge in [-0.15, -0.1) is 5.10 Å². The molecule has 0 aliphatic rings. The lowest BCUT2D eigenvalue weighted by atomic mass is 10.2. The molecule has 0 atom stereocenters. The number of rotatable bonds is 3. The summed E-state index contributed by atoms with van der Waals surface area (Å²) in [5.74, 6) is -0.818. The van der Waals surface area contributed by atoms with E-state index in [-0.39, 0.29) is 17.5 Å². The molecule has 8 heteroatoms. The topological polar surface area (TPSA) is 68.0 Å². The van der Waals surface area contributed by atoms with Crippen LogP contribution in [0.1, 0.15) is 10.4 Å². The van der Waals surface area contributed by atoms with Gasteiger partial charge in [0, 0.05) is 10.6 Å². The maximum atomic E-state index is 12.8. The molecule has 5 nitrogen and oxygen atoms in total. The van der Waals surface area contributed by atoms with Crippen LogP contribution in [0.4, 0.5) is 10.4 Å². The van der Waals surface area contributed by atoms with Gasteiger partial charge in [0.2, 0.25) is 0 Å². The summed E-state index contributed by atoms with van der Waals surface area (Å²) in [7, 11) is 0. The third kappa shape index (κ3) is 3.49. The van der Waals surface area contributed by atoms with Crippen LogP contribution in [0.15, 0.2) is 46.9 Å². The molecular formula is C15H8Cl2FN3O2. The van der Waals surface area contributed by atoms with Gasteiger partial charge in [0.25, 0.3) is 11.8 Å². The van der Waals surface area contributed by atoms with Crippen molar-refractivity contribution < 1.29 is 13.6 Å². The number of aromatic nitrogens is 2. The molecule has 0 bridgehead atoms. The van der Waals surface area contributed by atoms with Gasteiger partial charge in [0.1, 0.15) is 5.82 Å². The van der Waals surface area contributed by atoms with Crippen molar-refractivity contribution in [1.82, 2.24) is 10.2 Å². The second-order valence-electron chi connectivity index (χ2n) is 4.50. The number of anilines is 1. The maximum Gasteiger partial charge on any atom is 0.322 e. The number of carbonyl (C=O) groups is 1. The fourth-order valence-electron chi connectivity index (χ4n) is 1.81. The normalized spacial score (nSPS) is 10.6. The lowest BCUT2D eigenvalue weighted by Gasteiger charge is -2.01. The number of hydrogen-bond donors (Lipinski definition) is 1. The van der Waals surface area contributed by atoms with Gasteiger partial charge in [-0.3, -0.25) is 10.1 Å². The fraction of sp³-hybridized carbons (Fsp3) is 0. The summed E-state index contributed by atoms with van der Waals surface area (Å²) in [5.41, 5.74) is 0.709. The third-order valence-corrected chi connectivity index (χ3v) is 3.48. The molecular weight excluding hydrogens is 344 g/mol. The van der Waals surface area contributed by atoms with Crippen LogP contribution in [0.3, 0.4) is 0 Å². The molecule has 116 valence electrons. The predicted molar refractivity (Wildman–Crippen MR) is 84.1 cm³/mol. The van der Waals surface area contributed by atoms with Gasteiger partial charge >= 0.3 is 6.01 Å². The molecule has 3 rings (SSSR count). The highest BCUT2D eigenvalue weighted by Crippen LogP contribution is 2.30. The molecule has 1 aromatic heterocycles. The molecule has 0 aliphatic carbocycles. The number of benzene rings is 2. The highest BCUT2D eigenvalue weighted by Gasteiger charge is 2.15. The number of carbonyl (C=O) groups excluding carboxylic acids is 1. The van der Waals surface area contributed by atoms with Crippen LogP contribution in [0.25, 0.3) is 11.5 Å². The number of nitrogens with one attached hydrogen (secondary N) is 1. The Morgan fingerprint density at radius 2 is 1.83 bits per heavy atom. The zero-order valence-electron chi connectivity index (χ0n) is 11.4. The van der Waals surface area contributed by atoms with E-state index in [1.54, 1.807) is 18.2 Å². The Labute approximate surface area is 140 Å². The summed E-state index contributed by atoms with van der Waals surface area (Å²) in [4.78, 5) is 12.0. The smallest absolute Gasteiger partial charge is 0.322 e. The van der Waals surface area contributed by atoms with E-state index in [0.29, 0.717) is 15.6 Å². The van der Waals surface area contributed by atoms with E-state index < -0.39 is 11.7 Å². The van der Waals surface area contributed by atoms with Crippen molar-refractivity contribution in [2.45, 2.75) is 0 Å². The van der Waals surface area contributed by atoms with Gasteiger partial charge in [0.05, 0.1) is 10.6 Å². The van der Waals surface area contributed by atoms with E-state index in [9.17, 15) is 9.18 Å². The predicted octanol–water partition coefficient (Wildman–Crippen LogP) is 4.43. The summed E-state index contributed by atoms with van der Waals surface area (Å²) < 4.78 is 18.2. The quantitative estimate of drug-likeness (QED) is 0.757. The van der Waals surface area contributed by atoms with Gasteiger partial charge in [-0.05, 0) is 42.5 Å². The summed E-state index contributed by atoms with van der Waals surface area (Å²) in [6.45, 7) is 0. The van der Waals surface area contributed by atoms with Crippen molar-refractivity contribution in [1.29, 1.82) is 0 Å². The van der Waals surface area contributed by atoms with E-state index in [0.717, 1.165) is 0 Å². The molecule has 1 N–H and O–H groups in total. The van der Waals surface area contributed by atoms with Crippen LogP contribution in [-0.2, 0) is 0 Å². The first-order chi connectivity index (χ1) is 11.0. The Morgan fingerprint density at radius 3 is 2.57 bits per heavy atom. The average Bonchev–Trinajstić information content (AvgIpc) is 2.98. The first-order valence-electron chi connectivity index (χ1n) is 6.39. The summed E-state index contributed by atoms with van der Waals surface area (Å²) in [6.07, 6.45) is 0. The second-order valence-corrected chi connectivity index (χ2v) is 5.34. The van der Waals surface area contributed by atoms with Crippen LogP contribution >= 0.6 is 23.2 Å². The summed E-state index contributed by atoms with van der Waals surface area (Å²) in [6, 6.07) is 9.74. The molecule has 0 saturated carbocycles. The lowest BCUT2D eigenvalue weighted by molar-refractivity contribution is 0.102. The third-order valence-electron chi connectivity index (χ3n) is 2.91. The molecule has 0 saturated heterocycles. The van der Waals surface area contributed by atoms with Gasteiger partial charge in [-0.25, -0.2) is 4.39 Å². The van der Waals surface area contributed by atoms with Crippen LogP contribution in [0.5, 0.6) is 0 Å². The minimum Gasteiger partial charge on any atom is -0.403 e. The van der Waals surface area contributed by atoms with Crippen LogP contribution in [-0.4, -0.2) is 16.1 Å². The Morgan fingerprint density at radius 1 is 1.09 bits per heavy atom. The first kappa shape index (κ1) is 15.5. The minimum absolute atomic E-state index is 0.106. The van der Waals surface area contributed by atoms with Crippen molar-refractivity contribution in [3.63, 3.8) is 0 Å². The van der Waals surface area contributed by atoms with E-state index in [4.69, 9.17) is 27.6 Å². The number of amides is 1. The number of nitrogens with zero attached hydrogens (tertiary/aromatic N) is 2. The average molecular weight is 352 g/mol. The van der Waals surface area contributed by atoms with Crippen LogP contribution < -0.4 is 5.32 Å². The molecule has 0 spiro atoms. The lowest BCUT2D eigenvalue weighted by Crippen LogP contribution is -2.12. The Bertz CT molecular complexity index is 865. The SMILES string of the molecule is O=C(Nc1nnc(-c2cc(Cl)ccc2Cl)o1)c1ccc(F)cc1. The van der Waals surface area contributed by atoms with E-state index in [1.165, 1.54) is 24.3 Å². The second kappa shape index (κ2) is 6.36. The van der Waals surface area contributed by atoms with Gasteiger partial charge < -0.3 is 4.42 Å². The van der Waals surface area contributed by atoms with Crippen molar-refractivity contribution in [2.24, 2.45) is 0 Å². The summed E-state index contributed by atoms with van der Waals surface area (Å²) >= 11 is 11.9. The van der Waals surface area contributed by atoms with Crippen molar-refractivity contribution in [3.05, 3.63) is 63.9 Å². The molecule has 0 radical (unpaired) electrons. The summed E-state index contributed by atoms with van der Waals surface area (Å²) in [5, 5.41) is 10.8. The molecule has 23 heavy (non-hydrogen) atoms. The Kier molecular flexibility index (Phi) is 4.27. The van der Waals surface area contributed by atoms with Crippen LogP contribution in [0.2, 0.25) is 10.0 Å². The molecule has 2 aromatic carbocycles. The Balaban J connectivity index is 1.81. The highest BCUT2D eigenvalue weighted by atomic mass is 35.5. The number of hydrogen-bond acceptors (Lipinski definition) is 4. The van der Waals surface area contributed by atoms with Crippen LogP contribution in [0, 0.1) is 5.82 Å². The van der Waals surface area contributed by atoms with Gasteiger partial charge in [-0.2, -0.15) is 0 Å². The number of halogens is 3. The molecule has 3 aromatic rings. The Hall–Kier alpha value is -2.44. The zero-order chi connectivity index (χ0) is 16.4. The standard InChI is InChI=1S/C15H8Cl2FN3O2/c16-9-3-6-12(17)11(7-9)14-20-21-15(23-14)19-13(22)8-1-4-10(18)5-2-8/h1-7H,(H,19,21,22). The van der Waals surface area contributed by atoms with Gasteiger partial charge in [0.15, 0.2) is 0 Å². The highest BCUT2D eigenvalue weighted by molar-refractivity contribution is 6.35. The van der Waals surface area contributed by atoms with E-state index in [1.807, 2.05) is 0 Å². The maximum absolute atomic E-state index is 12.8.